The Labute approximate surface area is 82.9 Å². The van der Waals surface area contributed by atoms with Gasteiger partial charge in [-0.2, -0.15) is 0 Å². The molecule has 0 aliphatic heterocycles. The van der Waals surface area contributed by atoms with Crippen LogP contribution < -0.4 is 4.74 Å². The molecule has 0 fully saturated rings. The van der Waals surface area contributed by atoms with E-state index in [1.54, 1.807) is 18.3 Å². The summed E-state index contributed by atoms with van der Waals surface area (Å²) in [4.78, 5) is 3.88. The summed E-state index contributed by atoms with van der Waals surface area (Å²) in [5.74, 6) is 3.15. The fourth-order valence-corrected chi connectivity index (χ4v) is 1.01. The van der Waals surface area contributed by atoms with Gasteiger partial charge in [-0.15, -0.1) is 12.3 Å². The predicted molar refractivity (Wildman–Crippen MR) is 52.8 cm³/mol. The molecule has 0 aromatic carbocycles. The molecule has 1 aromatic rings. The van der Waals surface area contributed by atoms with Crippen LogP contribution in [0.2, 0.25) is 5.15 Å². The van der Waals surface area contributed by atoms with E-state index < -0.39 is 0 Å². The van der Waals surface area contributed by atoms with Gasteiger partial charge in [0.2, 0.25) is 0 Å². The number of halogens is 1. The zero-order valence-electron chi connectivity index (χ0n) is 7.16. The van der Waals surface area contributed by atoms with Crippen molar-refractivity contribution in [2.75, 3.05) is 6.61 Å². The molecule has 0 atom stereocenters. The molecule has 1 rings (SSSR count). The quantitative estimate of drug-likeness (QED) is 0.419. The summed E-state index contributed by atoms with van der Waals surface area (Å²) in [7, 11) is 0. The largest absolute Gasteiger partial charge is 0.490 e. The maximum absolute atomic E-state index is 5.76. The summed E-state index contributed by atoms with van der Waals surface area (Å²) in [5.41, 5.74) is 0. The topological polar surface area (TPSA) is 22.1 Å². The molecule has 13 heavy (non-hydrogen) atoms. The minimum absolute atomic E-state index is 0.392. The predicted octanol–water partition coefficient (Wildman–Crippen LogP) is 2.53. The van der Waals surface area contributed by atoms with Crippen molar-refractivity contribution in [3.05, 3.63) is 23.5 Å². The highest BCUT2D eigenvalue weighted by Crippen LogP contribution is 2.20. The Morgan fingerprint density at radius 1 is 1.62 bits per heavy atom. The second-order valence-corrected chi connectivity index (χ2v) is 2.81. The Kier molecular flexibility index (Phi) is 4.14. The third kappa shape index (κ3) is 3.35. The van der Waals surface area contributed by atoms with Gasteiger partial charge >= 0.3 is 0 Å². The third-order valence-corrected chi connectivity index (χ3v) is 1.73. The zero-order chi connectivity index (χ0) is 9.52. The zero-order valence-corrected chi connectivity index (χ0v) is 7.92. The van der Waals surface area contributed by atoms with E-state index in [0.717, 1.165) is 12.8 Å². The Bertz CT molecular complexity index is 306. The van der Waals surface area contributed by atoms with Crippen LogP contribution >= 0.6 is 11.6 Å². The molecule has 0 radical (unpaired) electrons. The van der Waals surface area contributed by atoms with E-state index in [1.807, 2.05) is 0 Å². The minimum atomic E-state index is 0.392. The first kappa shape index (κ1) is 9.88. The summed E-state index contributed by atoms with van der Waals surface area (Å²) in [6, 6.07) is 3.56. The number of hydrogen-bond donors (Lipinski definition) is 0. The molecule has 0 aliphatic carbocycles. The van der Waals surface area contributed by atoms with Gasteiger partial charge < -0.3 is 4.74 Å². The number of hydrogen-bond acceptors (Lipinski definition) is 2. The Balaban J connectivity index is 2.37. The normalized spacial score (nSPS) is 9.23. The standard InChI is InChI=1S/C10H10ClNO/c1-2-3-4-8-13-9-6-5-7-12-10(9)11/h1,5-7H,3-4,8H2. The fourth-order valence-electron chi connectivity index (χ4n) is 0.835. The number of pyridine rings is 1. The van der Waals surface area contributed by atoms with Gasteiger partial charge in [0.05, 0.1) is 6.61 Å². The molecule has 0 unspecified atom stereocenters. The van der Waals surface area contributed by atoms with Crippen molar-refractivity contribution in [3.8, 4) is 18.1 Å². The number of terminal acetylenes is 1. The fraction of sp³-hybridized carbons (Fsp3) is 0.300. The van der Waals surface area contributed by atoms with Crippen LogP contribution in [0.4, 0.5) is 0 Å². The Morgan fingerprint density at radius 2 is 2.46 bits per heavy atom. The minimum Gasteiger partial charge on any atom is -0.490 e. The summed E-state index contributed by atoms with van der Waals surface area (Å²) in [5, 5.41) is 0.392. The molecule has 1 aromatic heterocycles. The molecule has 0 saturated carbocycles. The van der Waals surface area contributed by atoms with Crippen LogP contribution in [0, 0.1) is 12.3 Å². The molecule has 0 aliphatic rings. The summed E-state index contributed by atoms with van der Waals surface area (Å²) in [6.07, 6.45) is 8.27. The van der Waals surface area contributed by atoms with E-state index in [0.29, 0.717) is 17.5 Å². The van der Waals surface area contributed by atoms with Crippen LogP contribution in [-0.4, -0.2) is 11.6 Å². The summed E-state index contributed by atoms with van der Waals surface area (Å²) in [6.45, 7) is 0.579. The van der Waals surface area contributed by atoms with E-state index in [4.69, 9.17) is 22.8 Å². The van der Waals surface area contributed by atoms with Gasteiger partial charge in [0, 0.05) is 12.6 Å². The van der Waals surface area contributed by atoms with Crippen LogP contribution in [-0.2, 0) is 0 Å². The number of rotatable bonds is 4. The van der Waals surface area contributed by atoms with Gasteiger partial charge in [0.25, 0.3) is 0 Å². The number of nitrogens with zero attached hydrogens (tertiary/aromatic N) is 1. The van der Waals surface area contributed by atoms with E-state index in [9.17, 15) is 0 Å². The molecule has 0 N–H and O–H groups in total. The monoisotopic (exact) mass is 195 g/mol. The van der Waals surface area contributed by atoms with E-state index in [1.165, 1.54) is 0 Å². The molecule has 1 heterocycles. The van der Waals surface area contributed by atoms with Crippen molar-refractivity contribution in [2.45, 2.75) is 12.8 Å². The lowest BCUT2D eigenvalue weighted by Crippen LogP contribution is -1.97. The lowest BCUT2D eigenvalue weighted by atomic mass is 10.3. The number of aromatic nitrogens is 1. The summed E-state index contributed by atoms with van der Waals surface area (Å²) >= 11 is 5.76. The highest BCUT2D eigenvalue weighted by molar-refractivity contribution is 6.30. The number of unbranched alkanes of at least 4 members (excludes halogenated alkanes) is 1. The van der Waals surface area contributed by atoms with Crippen LogP contribution in [0.1, 0.15) is 12.8 Å². The van der Waals surface area contributed by atoms with Gasteiger partial charge in [0.1, 0.15) is 0 Å². The molecule has 0 spiro atoms. The second kappa shape index (κ2) is 5.45. The highest BCUT2D eigenvalue weighted by Gasteiger charge is 1.99. The molecule has 2 nitrogen and oxygen atoms in total. The van der Waals surface area contributed by atoms with E-state index in [-0.39, 0.29) is 0 Å². The van der Waals surface area contributed by atoms with Crippen molar-refractivity contribution in [3.63, 3.8) is 0 Å². The smallest absolute Gasteiger partial charge is 0.171 e. The Morgan fingerprint density at radius 3 is 3.15 bits per heavy atom. The van der Waals surface area contributed by atoms with Crippen LogP contribution in [0.15, 0.2) is 18.3 Å². The molecule has 68 valence electrons. The first-order chi connectivity index (χ1) is 6.34. The molecule has 3 heteroatoms. The van der Waals surface area contributed by atoms with Crippen molar-refractivity contribution >= 4 is 11.6 Å². The maximum atomic E-state index is 5.76. The lowest BCUT2D eigenvalue weighted by molar-refractivity contribution is 0.312. The molecule has 0 amide bonds. The molecular weight excluding hydrogens is 186 g/mol. The van der Waals surface area contributed by atoms with Crippen molar-refractivity contribution in [1.29, 1.82) is 0 Å². The lowest BCUT2D eigenvalue weighted by Gasteiger charge is -2.04. The van der Waals surface area contributed by atoms with Crippen LogP contribution in [0.5, 0.6) is 5.75 Å². The van der Waals surface area contributed by atoms with E-state index >= 15 is 0 Å². The van der Waals surface area contributed by atoms with Crippen molar-refractivity contribution in [2.24, 2.45) is 0 Å². The maximum Gasteiger partial charge on any atom is 0.171 e. The first-order valence-corrected chi connectivity index (χ1v) is 4.39. The van der Waals surface area contributed by atoms with E-state index in [2.05, 4.69) is 10.9 Å². The highest BCUT2D eigenvalue weighted by atomic mass is 35.5. The molecule has 0 saturated heterocycles. The SMILES string of the molecule is C#CCCCOc1cccnc1Cl. The third-order valence-electron chi connectivity index (χ3n) is 1.45. The average molecular weight is 196 g/mol. The van der Waals surface area contributed by atoms with Crippen molar-refractivity contribution in [1.82, 2.24) is 4.98 Å². The van der Waals surface area contributed by atoms with Gasteiger partial charge in [-0.05, 0) is 18.6 Å². The number of ether oxygens (including phenoxy) is 1. The second-order valence-electron chi connectivity index (χ2n) is 2.45. The van der Waals surface area contributed by atoms with Crippen LogP contribution in [0.3, 0.4) is 0 Å². The van der Waals surface area contributed by atoms with Gasteiger partial charge in [-0.25, -0.2) is 4.98 Å². The van der Waals surface area contributed by atoms with Crippen LogP contribution in [0.25, 0.3) is 0 Å². The van der Waals surface area contributed by atoms with Gasteiger partial charge in [-0.1, -0.05) is 11.6 Å². The molecule has 0 bridgehead atoms. The van der Waals surface area contributed by atoms with Crippen molar-refractivity contribution < 1.29 is 4.74 Å². The van der Waals surface area contributed by atoms with Gasteiger partial charge in [0.15, 0.2) is 10.9 Å². The van der Waals surface area contributed by atoms with Gasteiger partial charge in [-0.3, -0.25) is 0 Å². The summed E-state index contributed by atoms with van der Waals surface area (Å²) < 4.78 is 5.35. The Hall–Kier alpha value is -1.20. The first-order valence-electron chi connectivity index (χ1n) is 4.01. The average Bonchev–Trinajstić information content (AvgIpc) is 2.15. The molecular formula is C10H10ClNO.